The molecule has 7 atom stereocenters. The molecule has 4 aliphatic rings. The third-order valence-electron chi connectivity index (χ3n) is 11.6. The minimum atomic E-state index is -3.02. The van der Waals surface area contributed by atoms with Gasteiger partial charge in [-0.05, 0) is 111 Å². The number of aliphatic hydroxyl groups is 1. The van der Waals surface area contributed by atoms with Crippen LogP contribution in [-0.4, -0.2) is 77.8 Å². The van der Waals surface area contributed by atoms with Gasteiger partial charge in [-0.25, -0.2) is 4.21 Å². The molecule has 0 saturated heterocycles. The van der Waals surface area contributed by atoms with E-state index in [0.29, 0.717) is 37.4 Å². The summed E-state index contributed by atoms with van der Waals surface area (Å²) in [5.74, 6) is 4.23. The Morgan fingerprint density at radius 1 is 1.24 bits per heavy atom. The van der Waals surface area contributed by atoms with Crippen LogP contribution in [0, 0.1) is 17.8 Å². The van der Waals surface area contributed by atoms with Crippen molar-refractivity contribution in [2.24, 2.45) is 17.8 Å². The molecule has 2 aliphatic heterocycles. The van der Waals surface area contributed by atoms with Crippen LogP contribution in [-0.2, 0) is 31.1 Å². The molecule has 3 N–H and O–H groups in total. The number of carbonyl (C=O) groups excluding carboxylic acids is 2. The van der Waals surface area contributed by atoms with Gasteiger partial charge in [-0.15, -0.1) is 0 Å². The Labute approximate surface area is 295 Å². The van der Waals surface area contributed by atoms with E-state index in [1.807, 2.05) is 44.2 Å². The zero-order valence-electron chi connectivity index (χ0n) is 28.8. The van der Waals surface area contributed by atoms with Crippen LogP contribution in [0.2, 0.25) is 5.02 Å². The molecule has 266 valence electrons. The smallest absolute Gasteiger partial charge is 0.262 e. The third kappa shape index (κ3) is 7.12. The summed E-state index contributed by atoms with van der Waals surface area (Å²) in [7, 11) is -1.35. The lowest BCUT2D eigenvalue weighted by atomic mass is 9.62. The van der Waals surface area contributed by atoms with Crippen molar-refractivity contribution in [1.82, 2.24) is 10.0 Å². The lowest BCUT2D eigenvalue weighted by Gasteiger charge is -2.50. The van der Waals surface area contributed by atoms with Crippen LogP contribution >= 0.6 is 11.6 Å². The standard InChI is InChI=1S/C38H50ClN3O6S/c1-25-7-5-16-38(47-3,21-35(44)40-17-18-43)32-12-9-29(32)22-42-23-37(15-6-8-27-19-30(39)11-13-31(27)37)24-48-34-14-10-28(20-33(34)42)36(45)41-49(4,46)26(25)2/h5,10-11,13-14,16,19-20,25-26,29,32,43H,4,6-9,12,15,17-18,21-24H2,1-3H3,(H,40,44)(H,41,45,46)/b16-5+/t25-,26+,29-,32+,37-,38+,49?/m0/s1. The molecule has 49 heavy (non-hydrogen) atoms. The molecule has 1 spiro atoms. The maximum atomic E-state index is 13.9. The van der Waals surface area contributed by atoms with Crippen LogP contribution in [0.25, 0.3) is 0 Å². The minimum absolute atomic E-state index is 0.0406. The molecule has 1 saturated carbocycles. The number of nitrogens with one attached hydrogen (secondary N) is 2. The van der Waals surface area contributed by atoms with E-state index in [1.165, 1.54) is 11.1 Å². The van der Waals surface area contributed by atoms with E-state index in [9.17, 15) is 18.9 Å². The van der Waals surface area contributed by atoms with Gasteiger partial charge < -0.3 is 24.8 Å². The van der Waals surface area contributed by atoms with Gasteiger partial charge in [0.1, 0.15) is 5.75 Å². The van der Waals surface area contributed by atoms with E-state index in [1.54, 1.807) is 13.2 Å². The second-order valence-corrected chi connectivity index (χ2v) is 17.5. The number of aryl methyl sites for hydroxylation is 1. The minimum Gasteiger partial charge on any atom is -0.490 e. The summed E-state index contributed by atoms with van der Waals surface area (Å²) in [5.41, 5.74) is 2.55. The Bertz CT molecular complexity index is 1710. The van der Waals surface area contributed by atoms with Gasteiger partial charge in [0.15, 0.2) is 0 Å². The molecular formula is C38H50ClN3O6S. The molecule has 2 aromatic rings. The maximum absolute atomic E-state index is 13.9. The number of carbonyl (C=O) groups is 2. The molecule has 1 unspecified atom stereocenters. The van der Waals surface area contributed by atoms with Crippen LogP contribution < -0.4 is 19.7 Å². The molecule has 2 aliphatic carbocycles. The van der Waals surface area contributed by atoms with Crippen molar-refractivity contribution in [3.8, 4) is 5.75 Å². The number of benzene rings is 2. The predicted molar refractivity (Wildman–Crippen MR) is 196 cm³/mol. The van der Waals surface area contributed by atoms with Crippen molar-refractivity contribution in [2.75, 3.05) is 44.9 Å². The summed E-state index contributed by atoms with van der Waals surface area (Å²) in [6, 6.07) is 11.6. The molecule has 6 rings (SSSR count). The average molecular weight is 712 g/mol. The molecule has 2 bridgehead atoms. The van der Waals surface area contributed by atoms with E-state index in [0.717, 1.165) is 42.8 Å². The van der Waals surface area contributed by atoms with Gasteiger partial charge in [0, 0.05) is 48.0 Å². The number of fused-ring (bicyclic) bond motifs is 4. The average Bonchev–Trinajstić information content (AvgIpc) is 3.21. The Morgan fingerprint density at radius 3 is 2.80 bits per heavy atom. The number of hydrogen-bond donors (Lipinski definition) is 3. The number of nitrogens with zero attached hydrogens (tertiary/aromatic N) is 1. The molecular weight excluding hydrogens is 662 g/mol. The van der Waals surface area contributed by atoms with Crippen molar-refractivity contribution >= 4 is 44.7 Å². The Balaban J connectivity index is 1.45. The molecule has 2 aromatic carbocycles. The second-order valence-electron chi connectivity index (χ2n) is 14.6. The number of hydrogen-bond acceptors (Lipinski definition) is 7. The first-order valence-electron chi connectivity index (χ1n) is 17.5. The largest absolute Gasteiger partial charge is 0.490 e. The highest BCUT2D eigenvalue weighted by Crippen LogP contribution is 2.50. The predicted octanol–water partition coefficient (Wildman–Crippen LogP) is 5.07. The molecule has 2 amide bonds. The first kappa shape index (κ1) is 35.8. The van der Waals surface area contributed by atoms with E-state index >= 15 is 0 Å². The van der Waals surface area contributed by atoms with Gasteiger partial charge in [-0.3, -0.25) is 14.3 Å². The summed E-state index contributed by atoms with van der Waals surface area (Å²) >= 11 is 6.46. The van der Waals surface area contributed by atoms with Gasteiger partial charge in [-0.1, -0.05) is 36.7 Å². The van der Waals surface area contributed by atoms with Crippen LogP contribution in [0.4, 0.5) is 5.69 Å². The van der Waals surface area contributed by atoms with Gasteiger partial charge >= 0.3 is 0 Å². The zero-order chi connectivity index (χ0) is 35.0. The van der Waals surface area contributed by atoms with Crippen molar-refractivity contribution in [3.63, 3.8) is 0 Å². The monoisotopic (exact) mass is 711 g/mol. The lowest BCUT2D eigenvalue weighted by molar-refractivity contribution is -0.133. The molecule has 11 heteroatoms. The number of halogens is 1. The van der Waals surface area contributed by atoms with E-state index in [2.05, 4.69) is 32.9 Å². The van der Waals surface area contributed by atoms with Gasteiger partial charge in [0.05, 0.1) is 40.6 Å². The lowest BCUT2D eigenvalue weighted by Crippen LogP contribution is -2.54. The first-order valence-corrected chi connectivity index (χ1v) is 19.7. The first-order chi connectivity index (χ1) is 23.4. The van der Waals surface area contributed by atoms with Crippen molar-refractivity contribution in [2.45, 2.75) is 75.1 Å². The van der Waals surface area contributed by atoms with Crippen molar-refractivity contribution in [3.05, 3.63) is 70.3 Å². The molecule has 0 aromatic heterocycles. The zero-order valence-corrected chi connectivity index (χ0v) is 30.4. The van der Waals surface area contributed by atoms with Crippen molar-refractivity contribution in [1.29, 1.82) is 0 Å². The summed E-state index contributed by atoms with van der Waals surface area (Å²) in [4.78, 5) is 29.3. The molecule has 0 radical (unpaired) electrons. The molecule has 1 fully saturated rings. The summed E-state index contributed by atoms with van der Waals surface area (Å²) in [6.45, 7) is 5.73. The summed E-state index contributed by atoms with van der Waals surface area (Å²) < 4.78 is 29.6. The Hall–Kier alpha value is -3.05. The van der Waals surface area contributed by atoms with E-state index in [4.69, 9.17) is 21.1 Å². The second kappa shape index (κ2) is 14.3. The topological polar surface area (TPSA) is 117 Å². The van der Waals surface area contributed by atoms with Crippen LogP contribution in [0.5, 0.6) is 5.75 Å². The SMILES string of the molecule is C=S1(=O)NC(=O)c2ccc3c(c2)N(C[C@@H]2CC[C@H]2[C@@](CC(=O)NCCO)(OC)/C=C/C[C@H](C)[C@H]1C)C[C@@]1(CCCc2cc(Cl)ccc21)CO3. The highest BCUT2D eigenvalue weighted by Gasteiger charge is 2.50. The molecule has 2 heterocycles. The number of allylic oxidation sites excluding steroid dienone is 1. The fourth-order valence-electron chi connectivity index (χ4n) is 8.44. The van der Waals surface area contributed by atoms with Crippen LogP contribution in [0.1, 0.15) is 73.9 Å². The maximum Gasteiger partial charge on any atom is 0.262 e. The van der Waals surface area contributed by atoms with Gasteiger partial charge in [-0.2, -0.15) is 0 Å². The number of aliphatic hydroxyl groups excluding tert-OH is 1. The summed E-state index contributed by atoms with van der Waals surface area (Å²) in [5, 5.41) is 12.5. The Kier molecular flexibility index (Phi) is 10.4. The molecule has 9 nitrogen and oxygen atoms in total. The highest BCUT2D eigenvalue weighted by atomic mass is 35.5. The number of methoxy groups -OCH3 is 1. The fourth-order valence-corrected chi connectivity index (χ4v) is 10.1. The quantitative estimate of drug-likeness (QED) is 0.293. The normalized spacial score (nSPS) is 33.6. The fraction of sp³-hybridized carbons (Fsp3) is 0.553. The number of rotatable bonds is 5. The Morgan fingerprint density at radius 2 is 2.06 bits per heavy atom. The number of amides is 2. The number of ether oxygens (including phenoxy) is 2. The summed E-state index contributed by atoms with van der Waals surface area (Å²) in [6.07, 6.45) is 9.52. The van der Waals surface area contributed by atoms with Crippen LogP contribution in [0.3, 0.4) is 0 Å². The highest BCUT2D eigenvalue weighted by molar-refractivity contribution is 7.99. The van der Waals surface area contributed by atoms with E-state index in [-0.39, 0.29) is 48.6 Å². The number of anilines is 1. The van der Waals surface area contributed by atoms with E-state index < -0.39 is 26.5 Å². The van der Waals surface area contributed by atoms with Crippen molar-refractivity contribution < 1.29 is 28.4 Å². The van der Waals surface area contributed by atoms with Gasteiger partial charge in [0.25, 0.3) is 5.91 Å². The third-order valence-corrected chi connectivity index (χ3v) is 14.1. The van der Waals surface area contributed by atoms with Gasteiger partial charge in [0.2, 0.25) is 5.91 Å². The van der Waals surface area contributed by atoms with Crippen LogP contribution in [0.15, 0.2) is 48.6 Å².